The number of carbonyl (C=O) groups is 1. The summed E-state index contributed by atoms with van der Waals surface area (Å²) < 4.78 is 38.8. The van der Waals surface area contributed by atoms with Crippen LogP contribution in [0.5, 0.6) is 11.5 Å². The van der Waals surface area contributed by atoms with Gasteiger partial charge in [-0.1, -0.05) is 0 Å². The number of piperazine rings is 1. The van der Waals surface area contributed by atoms with Crippen LogP contribution < -0.4 is 14.8 Å². The number of rotatable bonds is 7. The maximum absolute atomic E-state index is 12.9. The molecule has 1 fully saturated rings. The fourth-order valence-corrected chi connectivity index (χ4v) is 5.53. The number of benzene rings is 2. The predicted octanol–water partition coefficient (Wildman–Crippen LogP) is 3.00. The summed E-state index contributed by atoms with van der Waals surface area (Å²) in [6.07, 6.45) is 4.08. The van der Waals surface area contributed by atoms with Crippen molar-refractivity contribution in [1.82, 2.24) is 9.21 Å². The Bertz CT molecular complexity index is 1170. The van der Waals surface area contributed by atoms with Crippen LogP contribution in [0.4, 0.5) is 5.69 Å². The second-order valence-electron chi connectivity index (χ2n) is 8.62. The van der Waals surface area contributed by atoms with Gasteiger partial charge in [0.2, 0.25) is 15.9 Å². The van der Waals surface area contributed by atoms with Crippen molar-refractivity contribution < 1.29 is 22.7 Å². The Morgan fingerprint density at radius 1 is 1.18 bits per heavy atom. The van der Waals surface area contributed by atoms with Gasteiger partial charge < -0.3 is 19.7 Å². The number of nitrogens with zero attached hydrogens (tertiary/aromatic N) is 2. The van der Waals surface area contributed by atoms with E-state index in [1.165, 1.54) is 22.5 Å². The average Bonchev–Trinajstić information content (AvgIpc) is 3.17. The molecule has 4 rings (SSSR count). The standard InChI is InChI=1S/C25H31N3O5S/c1-4-32-23-17-20-15-18(2)33-24(20)16-19(23)5-10-25(29)26-21-6-8-22(9-7-21)34(30,31)28-13-11-27(3)12-14-28/h5-10,16-18H,4,11-15H2,1-3H3,(H,26,29)/b10-5+. The van der Waals surface area contributed by atoms with Gasteiger partial charge in [-0.15, -0.1) is 0 Å². The molecule has 34 heavy (non-hydrogen) atoms. The van der Waals surface area contributed by atoms with E-state index in [1.54, 1.807) is 18.2 Å². The lowest BCUT2D eigenvalue weighted by atomic mass is 10.1. The molecule has 1 saturated heterocycles. The molecule has 2 aromatic rings. The van der Waals surface area contributed by atoms with Gasteiger partial charge in [0.25, 0.3) is 0 Å². The van der Waals surface area contributed by atoms with Gasteiger partial charge in [-0.05, 0) is 63.4 Å². The van der Waals surface area contributed by atoms with Gasteiger partial charge in [0.1, 0.15) is 17.6 Å². The molecule has 182 valence electrons. The van der Waals surface area contributed by atoms with Gasteiger partial charge in [-0.2, -0.15) is 4.31 Å². The van der Waals surface area contributed by atoms with E-state index in [4.69, 9.17) is 9.47 Å². The number of hydrogen-bond acceptors (Lipinski definition) is 6. The van der Waals surface area contributed by atoms with Crippen LogP contribution in [0.3, 0.4) is 0 Å². The average molecular weight is 486 g/mol. The van der Waals surface area contributed by atoms with Gasteiger partial charge in [0.05, 0.1) is 11.5 Å². The van der Waals surface area contributed by atoms with E-state index in [2.05, 4.69) is 10.2 Å². The van der Waals surface area contributed by atoms with E-state index in [-0.39, 0.29) is 16.9 Å². The normalized spacial score (nSPS) is 19.1. The lowest BCUT2D eigenvalue weighted by Crippen LogP contribution is -2.46. The number of sulfonamides is 1. The monoisotopic (exact) mass is 485 g/mol. The van der Waals surface area contributed by atoms with Crippen molar-refractivity contribution in [2.75, 3.05) is 45.2 Å². The van der Waals surface area contributed by atoms with Crippen molar-refractivity contribution in [3.63, 3.8) is 0 Å². The number of fused-ring (bicyclic) bond motifs is 1. The van der Waals surface area contributed by atoms with Crippen molar-refractivity contribution in [2.24, 2.45) is 0 Å². The highest BCUT2D eigenvalue weighted by Gasteiger charge is 2.27. The zero-order valence-electron chi connectivity index (χ0n) is 19.8. The molecule has 0 aromatic heterocycles. The Balaban J connectivity index is 1.42. The summed E-state index contributed by atoms with van der Waals surface area (Å²) in [5.41, 5.74) is 2.38. The van der Waals surface area contributed by atoms with Crippen LogP contribution in [0.2, 0.25) is 0 Å². The van der Waals surface area contributed by atoms with Crippen molar-refractivity contribution in [2.45, 2.75) is 31.3 Å². The summed E-state index contributed by atoms with van der Waals surface area (Å²) in [7, 11) is -1.56. The molecule has 2 heterocycles. The number of carbonyl (C=O) groups excluding carboxylic acids is 1. The number of ether oxygens (including phenoxy) is 2. The Morgan fingerprint density at radius 2 is 1.88 bits per heavy atom. The Kier molecular flexibility index (Phi) is 7.25. The maximum atomic E-state index is 12.9. The van der Waals surface area contributed by atoms with Gasteiger partial charge in [0, 0.05) is 55.5 Å². The van der Waals surface area contributed by atoms with Crippen LogP contribution in [-0.2, 0) is 21.2 Å². The molecule has 0 spiro atoms. The number of nitrogens with one attached hydrogen (secondary N) is 1. The largest absolute Gasteiger partial charge is 0.493 e. The predicted molar refractivity (Wildman–Crippen MR) is 132 cm³/mol. The molecule has 0 radical (unpaired) electrons. The molecular formula is C25H31N3O5S. The van der Waals surface area contributed by atoms with E-state index in [0.717, 1.165) is 23.3 Å². The third kappa shape index (κ3) is 5.43. The summed E-state index contributed by atoms with van der Waals surface area (Å²) in [6, 6.07) is 10.1. The first-order chi connectivity index (χ1) is 16.3. The molecule has 8 nitrogen and oxygen atoms in total. The smallest absolute Gasteiger partial charge is 0.248 e. The van der Waals surface area contributed by atoms with E-state index in [0.29, 0.717) is 44.2 Å². The third-order valence-corrected chi connectivity index (χ3v) is 7.88. The number of hydrogen-bond donors (Lipinski definition) is 1. The molecule has 1 unspecified atom stereocenters. The first-order valence-electron chi connectivity index (χ1n) is 11.5. The molecule has 1 atom stereocenters. The fourth-order valence-electron chi connectivity index (χ4n) is 4.10. The quantitative estimate of drug-likeness (QED) is 0.607. The number of anilines is 1. The second-order valence-corrected chi connectivity index (χ2v) is 10.6. The SMILES string of the molecule is CCOc1cc2c(cc1/C=C/C(=O)Nc1ccc(S(=O)(=O)N3CCN(C)CC3)cc1)OC(C)C2. The van der Waals surface area contributed by atoms with E-state index in [1.807, 2.05) is 33.0 Å². The van der Waals surface area contributed by atoms with E-state index in [9.17, 15) is 13.2 Å². The van der Waals surface area contributed by atoms with Gasteiger partial charge >= 0.3 is 0 Å². The van der Waals surface area contributed by atoms with Crippen molar-refractivity contribution in [1.29, 1.82) is 0 Å². The summed E-state index contributed by atoms with van der Waals surface area (Å²) >= 11 is 0. The molecular weight excluding hydrogens is 454 g/mol. The van der Waals surface area contributed by atoms with Gasteiger partial charge in [-0.3, -0.25) is 4.79 Å². The van der Waals surface area contributed by atoms with Crippen LogP contribution in [0.15, 0.2) is 47.4 Å². The Morgan fingerprint density at radius 3 is 2.56 bits per heavy atom. The Hall–Kier alpha value is -2.88. The van der Waals surface area contributed by atoms with Crippen molar-refractivity contribution >= 4 is 27.7 Å². The van der Waals surface area contributed by atoms with Crippen LogP contribution in [0, 0.1) is 0 Å². The number of likely N-dealkylation sites (N-methyl/N-ethyl adjacent to an activating group) is 1. The molecule has 0 aliphatic carbocycles. The Labute approximate surface area is 201 Å². The lowest BCUT2D eigenvalue weighted by Gasteiger charge is -2.31. The second kappa shape index (κ2) is 10.2. The zero-order chi connectivity index (χ0) is 24.3. The third-order valence-electron chi connectivity index (χ3n) is 5.96. The molecule has 1 amide bonds. The highest BCUT2D eigenvalue weighted by molar-refractivity contribution is 7.89. The fraction of sp³-hybridized carbons (Fsp3) is 0.400. The van der Waals surface area contributed by atoms with E-state index >= 15 is 0 Å². The lowest BCUT2D eigenvalue weighted by molar-refractivity contribution is -0.111. The van der Waals surface area contributed by atoms with Crippen molar-refractivity contribution in [3.8, 4) is 11.5 Å². The van der Waals surface area contributed by atoms with Gasteiger partial charge in [0.15, 0.2) is 0 Å². The topological polar surface area (TPSA) is 88.2 Å². The minimum absolute atomic E-state index is 0.120. The van der Waals surface area contributed by atoms with Crippen LogP contribution in [0.1, 0.15) is 25.0 Å². The van der Waals surface area contributed by atoms with E-state index < -0.39 is 10.0 Å². The molecule has 2 aliphatic heterocycles. The summed E-state index contributed by atoms with van der Waals surface area (Å²) in [5.74, 6) is 1.20. The first kappa shape index (κ1) is 24.3. The molecule has 0 saturated carbocycles. The number of amides is 1. The molecule has 2 aliphatic rings. The summed E-state index contributed by atoms with van der Waals surface area (Å²) in [6.45, 7) is 6.81. The van der Waals surface area contributed by atoms with Crippen LogP contribution in [0.25, 0.3) is 6.08 Å². The molecule has 9 heteroatoms. The molecule has 2 aromatic carbocycles. The minimum Gasteiger partial charge on any atom is -0.493 e. The molecule has 1 N–H and O–H groups in total. The zero-order valence-corrected chi connectivity index (χ0v) is 20.6. The highest BCUT2D eigenvalue weighted by atomic mass is 32.2. The van der Waals surface area contributed by atoms with Crippen LogP contribution >= 0.6 is 0 Å². The maximum Gasteiger partial charge on any atom is 0.248 e. The van der Waals surface area contributed by atoms with Gasteiger partial charge in [-0.25, -0.2) is 8.42 Å². The summed E-state index contributed by atoms with van der Waals surface area (Å²) in [4.78, 5) is 14.8. The molecule has 0 bridgehead atoms. The van der Waals surface area contributed by atoms with Crippen molar-refractivity contribution in [3.05, 3.63) is 53.6 Å². The summed E-state index contributed by atoms with van der Waals surface area (Å²) in [5, 5.41) is 2.77. The minimum atomic E-state index is -3.54. The van der Waals surface area contributed by atoms with Crippen LogP contribution in [-0.4, -0.2) is 69.5 Å². The first-order valence-corrected chi connectivity index (χ1v) is 12.9. The highest BCUT2D eigenvalue weighted by Crippen LogP contribution is 2.35.